The summed E-state index contributed by atoms with van der Waals surface area (Å²) in [5, 5.41) is 0. The lowest BCUT2D eigenvalue weighted by atomic mass is 10.1. The Morgan fingerprint density at radius 3 is 2.25 bits per heavy atom. The Bertz CT molecular complexity index is 936. The SMILES string of the molecule is CCOC(=O)c1ccc(N(Cc2cccnc2)C(=O)c2ccc(C)cc2)cc1. The fourth-order valence-electron chi connectivity index (χ4n) is 2.80. The van der Waals surface area contributed by atoms with Gasteiger partial charge in [0, 0.05) is 23.6 Å². The highest BCUT2D eigenvalue weighted by Crippen LogP contribution is 2.21. The van der Waals surface area contributed by atoms with E-state index in [1.54, 1.807) is 48.5 Å². The molecule has 0 aliphatic rings. The van der Waals surface area contributed by atoms with Gasteiger partial charge >= 0.3 is 5.97 Å². The number of aryl methyl sites for hydroxylation is 1. The molecule has 0 radical (unpaired) electrons. The summed E-state index contributed by atoms with van der Waals surface area (Å²) >= 11 is 0. The summed E-state index contributed by atoms with van der Waals surface area (Å²) in [7, 11) is 0. The number of amides is 1. The minimum absolute atomic E-state index is 0.118. The van der Waals surface area contributed by atoms with Gasteiger partial charge in [-0.05, 0) is 61.9 Å². The lowest BCUT2D eigenvalue weighted by Crippen LogP contribution is -2.30. The predicted octanol–water partition coefficient (Wildman–Crippen LogP) is 4.41. The highest BCUT2D eigenvalue weighted by molar-refractivity contribution is 6.06. The molecule has 28 heavy (non-hydrogen) atoms. The molecule has 142 valence electrons. The van der Waals surface area contributed by atoms with Crippen molar-refractivity contribution >= 4 is 17.6 Å². The van der Waals surface area contributed by atoms with Crippen LogP contribution >= 0.6 is 0 Å². The summed E-state index contributed by atoms with van der Waals surface area (Å²) in [6.07, 6.45) is 3.44. The molecule has 0 N–H and O–H groups in total. The van der Waals surface area contributed by atoms with Crippen LogP contribution in [0.1, 0.15) is 38.8 Å². The fourth-order valence-corrected chi connectivity index (χ4v) is 2.80. The molecule has 3 rings (SSSR count). The van der Waals surface area contributed by atoms with Crippen molar-refractivity contribution in [1.29, 1.82) is 0 Å². The highest BCUT2D eigenvalue weighted by Gasteiger charge is 2.19. The summed E-state index contributed by atoms with van der Waals surface area (Å²) in [6, 6.07) is 18.1. The molecule has 0 unspecified atom stereocenters. The van der Waals surface area contributed by atoms with Crippen LogP contribution in [-0.4, -0.2) is 23.5 Å². The number of pyridine rings is 1. The first-order valence-corrected chi connectivity index (χ1v) is 9.13. The zero-order chi connectivity index (χ0) is 19.9. The summed E-state index contributed by atoms with van der Waals surface area (Å²) in [6.45, 7) is 4.44. The number of esters is 1. The van der Waals surface area contributed by atoms with Crippen LogP contribution in [0.2, 0.25) is 0 Å². The van der Waals surface area contributed by atoms with Crippen LogP contribution in [0.4, 0.5) is 5.69 Å². The van der Waals surface area contributed by atoms with Crippen molar-refractivity contribution in [3.63, 3.8) is 0 Å². The Hall–Kier alpha value is -3.47. The van der Waals surface area contributed by atoms with Crippen molar-refractivity contribution in [3.8, 4) is 0 Å². The van der Waals surface area contributed by atoms with E-state index >= 15 is 0 Å². The van der Waals surface area contributed by atoms with E-state index in [9.17, 15) is 9.59 Å². The average Bonchev–Trinajstić information content (AvgIpc) is 2.73. The monoisotopic (exact) mass is 374 g/mol. The van der Waals surface area contributed by atoms with Gasteiger partial charge in [0.2, 0.25) is 0 Å². The third kappa shape index (κ3) is 4.62. The molecule has 5 heteroatoms. The summed E-state index contributed by atoms with van der Waals surface area (Å²) < 4.78 is 5.02. The predicted molar refractivity (Wildman–Crippen MR) is 108 cm³/mol. The van der Waals surface area contributed by atoms with E-state index in [1.165, 1.54) is 0 Å². The van der Waals surface area contributed by atoms with Gasteiger partial charge in [0.25, 0.3) is 5.91 Å². The normalized spacial score (nSPS) is 10.4. The van der Waals surface area contributed by atoms with Gasteiger partial charge in [-0.15, -0.1) is 0 Å². The molecule has 1 aromatic heterocycles. The second kappa shape index (κ2) is 8.95. The number of nitrogens with zero attached hydrogens (tertiary/aromatic N) is 2. The van der Waals surface area contributed by atoms with Crippen molar-refractivity contribution in [1.82, 2.24) is 4.98 Å². The first kappa shape index (κ1) is 19.3. The molecule has 0 atom stereocenters. The van der Waals surface area contributed by atoms with E-state index in [1.807, 2.05) is 43.3 Å². The molecular weight excluding hydrogens is 352 g/mol. The third-order valence-corrected chi connectivity index (χ3v) is 4.30. The van der Waals surface area contributed by atoms with Crippen molar-refractivity contribution in [3.05, 3.63) is 95.3 Å². The van der Waals surface area contributed by atoms with Gasteiger partial charge < -0.3 is 9.64 Å². The molecule has 0 aliphatic carbocycles. The van der Waals surface area contributed by atoms with Crippen LogP contribution < -0.4 is 4.90 Å². The van der Waals surface area contributed by atoms with Gasteiger partial charge in [-0.3, -0.25) is 9.78 Å². The number of hydrogen-bond acceptors (Lipinski definition) is 4. The molecular formula is C23H22N2O3. The van der Waals surface area contributed by atoms with Gasteiger partial charge in [0.05, 0.1) is 18.7 Å². The fraction of sp³-hybridized carbons (Fsp3) is 0.174. The Kier molecular flexibility index (Phi) is 6.17. The number of hydrogen-bond donors (Lipinski definition) is 0. The van der Waals surface area contributed by atoms with Gasteiger partial charge in [-0.25, -0.2) is 4.79 Å². The molecule has 1 heterocycles. The minimum atomic E-state index is -0.377. The highest BCUT2D eigenvalue weighted by atomic mass is 16.5. The maximum atomic E-state index is 13.2. The number of anilines is 1. The molecule has 2 aromatic carbocycles. The summed E-state index contributed by atoms with van der Waals surface area (Å²) in [5.41, 5.74) is 3.76. The smallest absolute Gasteiger partial charge is 0.338 e. The van der Waals surface area contributed by atoms with Crippen molar-refractivity contribution in [2.45, 2.75) is 20.4 Å². The van der Waals surface area contributed by atoms with Crippen LogP contribution in [-0.2, 0) is 11.3 Å². The second-order valence-corrected chi connectivity index (χ2v) is 6.39. The van der Waals surface area contributed by atoms with E-state index in [0.29, 0.717) is 30.0 Å². The van der Waals surface area contributed by atoms with Gasteiger partial charge in [0.1, 0.15) is 0 Å². The molecule has 3 aromatic rings. The lowest BCUT2D eigenvalue weighted by Gasteiger charge is -2.23. The zero-order valence-electron chi connectivity index (χ0n) is 16.0. The van der Waals surface area contributed by atoms with Gasteiger partial charge in [-0.2, -0.15) is 0 Å². The lowest BCUT2D eigenvalue weighted by molar-refractivity contribution is 0.0526. The topological polar surface area (TPSA) is 59.5 Å². The van der Waals surface area contributed by atoms with Crippen LogP contribution in [0, 0.1) is 6.92 Å². The van der Waals surface area contributed by atoms with Crippen molar-refractivity contribution in [2.24, 2.45) is 0 Å². The molecule has 0 fully saturated rings. The first-order chi connectivity index (χ1) is 13.6. The number of benzene rings is 2. The van der Waals surface area contributed by atoms with E-state index in [0.717, 1.165) is 11.1 Å². The van der Waals surface area contributed by atoms with E-state index in [4.69, 9.17) is 4.74 Å². The quantitative estimate of drug-likeness (QED) is 0.600. The third-order valence-electron chi connectivity index (χ3n) is 4.30. The van der Waals surface area contributed by atoms with Crippen molar-refractivity contribution < 1.29 is 14.3 Å². The Morgan fingerprint density at radius 1 is 0.964 bits per heavy atom. The molecule has 0 spiro atoms. The maximum Gasteiger partial charge on any atom is 0.338 e. The molecule has 0 bridgehead atoms. The summed E-state index contributed by atoms with van der Waals surface area (Å²) in [4.78, 5) is 30.9. The number of ether oxygens (including phenoxy) is 1. The molecule has 0 saturated heterocycles. The van der Waals surface area contributed by atoms with Crippen LogP contribution in [0.3, 0.4) is 0 Å². The molecule has 5 nitrogen and oxygen atoms in total. The minimum Gasteiger partial charge on any atom is -0.462 e. The standard InChI is InChI=1S/C23H22N2O3/c1-3-28-23(27)20-10-12-21(13-11-20)25(16-18-5-4-14-24-15-18)22(26)19-8-6-17(2)7-9-19/h4-15H,3,16H2,1-2H3. The molecule has 0 aliphatic heterocycles. The zero-order valence-corrected chi connectivity index (χ0v) is 16.0. The maximum absolute atomic E-state index is 13.2. The van der Waals surface area contributed by atoms with E-state index in [-0.39, 0.29) is 11.9 Å². The number of carbonyl (C=O) groups excluding carboxylic acids is 2. The number of rotatable bonds is 6. The van der Waals surface area contributed by atoms with Crippen molar-refractivity contribution in [2.75, 3.05) is 11.5 Å². The van der Waals surface area contributed by atoms with E-state index in [2.05, 4.69) is 4.98 Å². The molecule has 1 amide bonds. The van der Waals surface area contributed by atoms with Gasteiger partial charge in [0.15, 0.2) is 0 Å². The first-order valence-electron chi connectivity index (χ1n) is 9.13. The summed E-state index contributed by atoms with van der Waals surface area (Å²) in [5.74, 6) is -0.495. The second-order valence-electron chi connectivity index (χ2n) is 6.39. The number of aromatic nitrogens is 1. The van der Waals surface area contributed by atoms with Gasteiger partial charge in [-0.1, -0.05) is 23.8 Å². The van der Waals surface area contributed by atoms with Crippen LogP contribution in [0.25, 0.3) is 0 Å². The van der Waals surface area contributed by atoms with Crippen LogP contribution in [0.5, 0.6) is 0 Å². The molecule has 0 saturated carbocycles. The largest absolute Gasteiger partial charge is 0.462 e. The Morgan fingerprint density at radius 2 is 1.64 bits per heavy atom. The number of carbonyl (C=O) groups is 2. The Balaban J connectivity index is 1.92. The Labute approximate surface area is 164 Å². The average molecular weight is 374 g/mol. The van der Waals surface area contributed by atoms with Crippen LogP contribution in [0.15, 0.2) is 73.1 Å². The van der Waals surface area contributed by atoms with E-state index < -0.39 is 0 Å².